The van der Waals surface area contributed by atoms with Gasteiger partial charge in [-0.3, -0.25) is 47.9 Å². The maximum atomic E-state index is 14.4. The molecule has 3 rings (SSSR count). The van der Waals surface area contributed by atoms with Gasteiger partial charge in [-0.05, 0) is 69.7 Å². The van der Waals surface area contributed by atoms with Gasteiger partial charge >= 0.3 is 18.1 Å². The number of nitrogens with zero attached hydrogens (tertiary/aromatic N) is 1. The van der Waals surface area contributed by atoms with E-state index in [0.717, 1.165) is 21.6 Å². The van der Waals surface area contributed by atoms with E-state index in [-0.39, 0.29) is 50.3 Å². The fraction of sp³-hybridized carbons (Fsp3) is 0.622. The van der Waals surface area contributed by atoms with Crippen LogP contribution >= 0.6 is 21.6 Å². The van der Waals surface area contributed by atoms with Gasteiger partial charge in [0.15, 0.2) is 0 Å². The number of nitrogens with one attached hydrogen (secondary N) is 7. The number of aliphatic hydroxyl groups is 1. The predicted octanol–water partition coefficient (Wildman–Crippen LogP) is -1.81. The van der Waals surface area contributed by atoms with E-state index in [0.29, 0.717) is 37.2 Å². The van der Waals surface area contributed by atoms with Crippen LogP contribution < -0.4 is 53.4 Å². The number of primary amides is 1. The van der Waals surface area contributed by atoms with E-state index in [2.05, 4.69) is 37.2 Å². The molecule has 0 radical (unpaired) electrons. The van der Waals surface area contributed by atoms with Crippen LogP contribution in [0.25, 0.3) is 0 Å². The molecular formula is C45H67F3N10O15S2. The van der Waals surface area contributed by atoms with Gasteiger partial charge in [-0.1, -0.05) is 54.0 Å². The van der Waals surface area contributed by atoms with E-state index in [4.69, 9.17) is 26.1 Å². The first-order valence-electron chi connectivity index (χ1n) is 23.8. The number of rotatable bonds is 18. The van der Waals surface area contributed by atoms with Gasteiger partial charge in [0.1, 0.15) is 48.0 Å². The van der Waals surface area contributed by atoms with Crippen molar-refractivity contribution in [2.75, 3.05) is 37.7 Å². The summed E-state index contributed by atoms with van der Waals surface area (Å²) in [6.45, 7) is 6.62. The zero-order valence-corrected chi connectivity index (χ0v) is 43.3. The van der Waals surface area contributed by atoms with Crippen molar-refractivity contribution in [3.8, 4) is 5.75 Å². The molecule has 0 bridgehead atoms. The monoisotopic (exact) mass is 1110 g/mol. The second kappa shape index (κ2) is 32.1. The number of carboxylic acids is 2. The lowest BCUT2D eigenvalue weighted by molar-refractivity contribution is -0.192. The zero-order valence-electron chi connectivity index (χ0n) is 41.7. The highest BCUT2D eigenvalue weighted by molar-refractivity contribution is 8.76. The molecule has 1 aromatic rings. The average molecular weight is 1110 g/mol. The molecule has 0 saturated carbocycles. The van der Waals surface area contributed by atoms with Gasteiger partial charge in [0, 0.05) is 30.9 Å². The third-order valence-corrected chi connectivity index (χ3v) is 13.8. The van der Waals surface area contributed by atoms with Crippen LogP contribution in [0.3, 0.4) is 0 Å². The summed E-state index contributed by atoms with van der Waals surface area (Å²) in [5, 5.41) is 45.3. The molecule has 2 saturated heterocycles. The lowest BCUT2D eigenvalue weighted by Crippen LogP contribution is -2.62. The lowest BCUT2D eigenvalue weighted by atomic mass is 9.96. The Kier molecular flexibility index (Phi) is 27.7. The molecule has 2 fully saturated rings. The zero-order chi connectivity index (χ0) is 56.6. The molecule has 75 heavy (non-hydrogen) atoms. The number of nitrogens with two attached hydrogens (primary N) is 2. The average Bonchev–Trinajstić information content (AvgIpc) is 3.84. The van der Waals surface area contributed by atoms with E-state index >= 15 is 0 Å². The first kappa shape index (κ1) is 64.7. The van der Waals surface area contributed by atoms with Gasteiger partial charge in [-0.2, -0.15) is 13.2 Å². The standard InChI is InChI=1S/C43H66N10O13S2.C2HF3O2/c1-5-23(3)35-41(63)52-36(24(4)54)42(64)49-29(20-34(57)58)38(60)50-30(43(65)53-17-8-10-31(53)40(62)48-27(9-7-16-44)37(59)46-21-32(45)55)22-68-67-18-15-33(56)47-28(39(61)51-35)19-25-11-13-26(14-12-25)66-6-2;3-2(4,5)1(6)7/h11-14,23-24,27-31,35-36,54H,5-10,15-22,44H2,1-4H3,(H2,45,55)(H,46,59)(H,47,56)(H,48,62)(H,49,64)(H,50,60)(H,51,61)(H,52,63)(H,57,58);(H,6,7)/t23-,24+,27-,28+,29-,30-,31-,35-,36-;/m0./s1. The van der Waals surface area contributed by atoms with E-state index in [1.54, 1.807) is 38.1 Å². The molecule has 9 atom stereocenters. The van der Waals surface area contributed by atoms with Crippen LogP contribution in [-0.4, -0.2) is 178 Å². The van der Waals surface area contributed by atoms with Crippen LogP contribution in [-0.2, 0) is 59.2 Å². The number of likely N-dealkylation sites (tertiary alicyclic amines) is 1. The minimum Gasteiger partial charge on any atom is -0.494 e. The fourth-order valence-corrected chi connectivity index (χ4v) is 9.41. The van der Waals surface area contributed by atoms with Crippen LogP contribution in [0.15, 0.2) is 24.3 Å². The normalized spacial score (nSPS) is 22.6. The molecule has 25 nitrogen and oxygen atoms in total. The largest absolute Gasteiger partial charge is 0.494 e. The molecule has 2 aliphatic rings. The van der Waals surface area contributed by atoms with Gasteiger partial charge in [0.05, 0.1) is 25.7 Å². The summed E-state index contributed by atoms with van der Waals surface area (Å²) < 4.78 is 37.3. The summed E-state index contributed by atoms with van der Waals surface area (Å²) in [5.41, 5.74) is 11.5. The van der Waals surface area contributed by atoms with Crippen molar-refractivity contribution >= 4 is 86.7 Å². The first-order valence-corrected chi connectivity index (χ1v) is 26.3. The summed E-state index contributed by atoms with van der Waals surface area (Å²) in [6, 6.07) is -2.91. The van der Waals surface area contributed by atoms with Crippen molar-refractivity contribution in [1.82, 2.24) is 42.1 Å². The Morgan fingerprint density at radius 3 is 2.05 bits per heavy atom. The van der Waals surface area contributed by atoms with Gasteiger partial charge in [-0.15, -0.1) is 0 Å². The highest BCUT2D eigenvalue weighted by Gasteiger charge is 2.41. The maximum absolute atomic E-state index is 14.4. The fourth-order valence-electron chi connectivity index (χ4n) is 7.27. The number of alkyl halides is 3. The van der Waals surface area contributed by atoms with E-state index < -0.39 is 139 Å². The Hall–Kier alpha value is -6.40. The number of benzene rings is 1. The molecular weight excluding hydrogens is 1040 g/mol. The van der Waals surface area contributed by atoms with Crippen molar-refractivity contribution < 1.29 is 86.0 Å². The van der Waals surface area contributed by atoms with Crippen molar-refractivity contribution in [1.29, 1.82) is 0 Å². The molecule has 30 heteroatoms. The maximum Gasteiger partial charge on any atom is 0.490 e. The number of hydrogen-bond acceptors (Lipinski definition) is 16. The molecule has 0 unspecified atom stereocenters. The number of carbonyl (C=O) groups is 11. The highest BCUT2D eigenvalue weighted by atomic mass is 33.1. The van der Waals surface area contributed by atoms with Crippen LogP contribution in [0, 0.1) is 5.92 Å². The molecule has 0 spiro atoms. The third-order valence-electron chi connectivity index (χ3n) is 11.4. The van der Waals surface area contributed by atoms with Gasteiger partial charge in [-0.25, -0.2) is 4.79 Å². The number of aliphatic carboxylic acids is 2. The number of ether oxygens (including phenoxy) is 1. The number of amides is 9. The van der Waals surface area contributed by atoms with E-state index in [1.807, 2.05) is 6.92 Å². The summed E-state index contributed by atoms with van der Waals surface area (Å²) in [4.78, 5) is 144. The Labute approximate surface area is 437 Å². The molecule has 0 aromatic heterocycles. The Morgan fingerprint density at radius 2 is 1.49 bits per heavy atom. The number of aliphatic hydroxyl groups excluding tert-OH is 1. The van der Waals surface area contributed by atoms with Crippen molar-refractivity contribution in [3.05, 3.63) is 29.8 Å². The molecule has 2 heterocycles. The third kappa shape index (κ3) is 22.5. The molecule has 2 aliphatic heterocycles. The van der Waals surface area contributed by atoms with E-state index in [1.165, 1.54) is 11.8 Å². The van der Waals surface area contributed by atoms with Crippen LogP contribution in [0.4, 0.5) is 13.2 Å². The highest BCUT2D eigenvalue weighted by Crippen LogP contribution is 2.26. The smallest absolute Gasteiger partial charge is 0.490 e. The van der Waals surface area contributed by atoms with Crippen LogP contribution in [0.1, 0.15) is 78.2 Å². The lowest BCUT2D eigenvalue weighted by Gasteiger charge is -2.31. The van der Waals surface area contributed by atoms with Crippen molar-refractivity contribution in [3.63, 3.8) is 0 Å². The van der Waals surface area contributed by atoms with E-state index in [9.17, 15) is 71.3 Å². The summed E-state index contributed by atoms with van der Waals surface area (Å²) in [5.74, 6) is -11.6. The Balaban J connectivity index is 0.00000256. The van der Waals surface area contributed by atoms with Crippen molar-refractivity contribution in [2.45, 2.75) is 134 Å². The Morgan fingerprint density at radius 1 is 0.880 bits per heavy atom. The second-order valence-electron chi connectivity index (χ2n) is 17.2. The SMILES string of the molecule is CCOc1ccc(C[C@H]2NC(=O)CCSSC[C@@H](C(=O)N3CCC[C@H]3C(=O)N[C@@H](CCCN)C(=O)NCC(N)=O)NC(=O)[C@H](CC(=O)O)NC(=O)[C@H]([C@@H](C)O)NC(=O)[C@H]([C@@H](C)CC)NC2=O)cc1.O=C(O)C(F)(F)F. The topological polar surface area (TPSA) is 397 Å². The molecule has 420 valence electrons. The number of carbonyl (C=O) groups excluding carboxylic acids is 9. The summed E-state index contributed by atoms with van der Waals surface area (Å²) in [6.07, 6.45) is -6.48. The van der Waals surface area contributed by atoms with Gasteiger partial charge < -0.3 is 73.6 Å². The Bertz CT molecular complexity index is 2160. The second-order valence-corrected chi connectivity index (χ2v) is 19.9. The van der Waals surface area contributed by atoms with Crippen molar-refractivity contribution in [2.24, 2.45) is 17.4 Å². The first-order chi connectivity index (χ1) is 35.2. The number of halogens is 3. The quantitative estimate of drug-likeness (QED) is 0.0721. The number of carboxylic acid groups (broad SMARTS) is 2. The molecule has 0 aliphatic carbocycles. The van der Waals surface area contributed by atoms with Crippen LogP contribution in [0.2, 0.25) is 0 Å². The minimum absolute atomic E-state index is 0.0141. The number of hydrogen-bond donors (Lipinski definition) is 12. The molecule has 9 amide bonds. The summed E-state index contributed by atoms with van der Waals surface area (Å²) >= 11 is 0. The molecule has 1 aromatic carbocycles. The van der Waals surface area contributed by atoms with Gasteiger partial charge in [0.2, 0.25) is 53.2 Å². The minimum atomic E-state index is -5.08. The molecule has 14 N–H and O–H groups in total. The van der Waals surface area contributed by atoms with Crippen LogP contribution in [0.5, 0.6) is 5.75 Å². The predicted molar refractivity (Wildman–Crippen MR) is 265 cm³/mol. The van der Waals surface area contributed by atoms with Gasteiger partial charge in [0.25, 0.3) is 0 Å². The summed E-state index contributed by atoms with van der Waals surface area (Å²) in [7, 11) is 2.22.